The highest BCUT2D eigenvalue weighted by Gasteiger charge is 2.02. The predicted molar refractivity (Wildman–Crippen MR) is 76.1 cm³/mol. The maximum atomic E-state index is 13.3. The highest BCUT2D eigenvalue weighted by molar-refractivity contribution is 5.18. The number of hydrogen-bond acceptors (Lipinski definition) is 1. The molecule has 0 bridgehead atoms. The molecule has 0 fully saturated rings. The van der Waals surface area contributed by atoms with Crippen molar-refractivity contribution in [3.63, 3.8) is 0 Å². The molecule has 108 valence electrons. The van der Waals surface area contributed by atoms with E-state index in [1.807, 2.05) is 0 Å². The topological polar surface area (TPSA) is 12.0 Å². The molecule has 1 rings (SSSR count). The van der Waals surface area contributed by atoms with Gasteiger partial charge in [-0.3, -0.25) is 0 Å². The number of benzene rings is 1. The molecule has 0 saturated heterocycles. The first-order valence-corrected chi connectivity index (χ1v) is 7.38. The molecule has 0 saturated carbocycles. The van der Waals surface area contributed by atoms with Crippen LogP contribution in [0.3, 0.4) is 0 Å². The monoisotopic (exact) mass is 269 g/mol. The fourth-order valence-corrected chi connectivity index (χ4v) is 2.11. The molecule has 1 nitrogen and oxygen atoms in total. The number of unbranched alkanes of at least 4 members (excludes halogenated alkanes) is 6. The Bertz CT molecular complexity index is 353. The summed E-state index contributed by atoms with van der Waals surface area (Å²) >= 11 is 0. The van der Waals surface area contributed by atoms with Crippen LogP contribution in [0.15, 0.2) is 18.2 Å². The van der Waals surface area contributed by atoms with Crippen molar-refractivity contribution in [1.82, 2.24) is 5.32 Å². The third-order valence-corrected chi connectivity index (χ3v) is 3.28. The van der Waals surface area contributed by atoms with Gasteiger partial charge in [0.1, 0.15) is 11.6 Å². The van der Waals surface area contributed by atoms with Crippen molar-refractivity contribution < 1.29 is 8.78 Å². The van der Waals surface area contributed by atoms with Gasteiger partial charge in [0.05, 0.1) is 0 Å². The first-order chi connectivity index (χ1) is 9.24. The quantitative estimate of drug-likeness (QED) is 0.601. The molecule has 1 aromatic rings. The van der Waals surface area contributed by atoms with Crippen molar-refractivity contribution in [3.05, 3.63) is 35.4 Å². The molecule has 3 heteroatoms. The highest BCUT2D eigenvalue weighted by atomic mass is 19.1. The van der Waals surface area contributed by atoms with Crippen molar-refractivity contribution in [2.45, 2.75) is 58.4 Å². The van der Waals surface area contributed by atoms with Crippen LogP contribution >= 0.6 is 0 Å². The van der Waals surface area contributed by atoms with E-state index in [-0.39, 0.29) is 11.6 Å². The number of halogens is 2. The SMILES string of the molecule is CCCCCCCCCNCc1cc(F)ccc1F. The largest absolute Gasteiger partial charge is 0.313 e. The van der Waals surface area contributed by atoms with Crippen LogP contribution in [0.1, 0.15) is 57.4 Å². The van der Waals surface area contributed by atoms with Gasteiger partial charge in [0.2, 0.25) is 0 Å². The van der Waals surface area contributed by atoms with Crippen LogP contribution in [0, 0.1) is 11.6 Å². The minimum absolute atomic E-state index is 0.339. The number of nitrogens with one attached hydrogen (secondary N) is 1. The van der Waals surface area contributed by atoms with Crippen molar-refractivity contribution >= 4 is 0 Å². The fourth-order valence-electron chi connectivity index (χ4n) is 2.11. The summed E-state index contributed by atoms with van der Waals surface area (Å²) < 4.78 is 26.2. The third kappa shape index (κ3) is 7.26. The van der Waals surface area contributed by atoms with Crippen molar-refractivity contribution in [3.8, 4) is 0 Å². The molecule has 0 aromatic heterocycles. The van der Waals surface area contributed by atoms with Gasteiger partial charge in [0.15, 0.2) is 0 Å². The molecule has 0 aliphatic rings. The van der Waals surface area contributed by atoms with Crippen LogP contribution in [0.4, 0.5) is 8.78 Å². The minimum Gasteiger partial charge on any atom is -0.313 e. The second kappa shape index (κ2) is 9.90. The lowest BCUT2D eigenvalue weighted by Crippen LogP contribution is -2.15. The lowest BCUT2D eigenvalue weighted by molar-refractivity contribution is 0.544. The van der Waals surface area contributed by atoms with E-state index < -0.39 is 0 Å². The van der Waals surface area contributed by atoms with Gasteiger partial charge in [-0.15, -0.1) is 0 Å². The molecule has 0 heterocycles. The Hall–Kier alpha value is -0.960. The second-order valence-electron chi connectivity index (χ2n) is 5.03. The zero-order chi connectivity index (χ0) is 13.9. The summed E-state index contributed by atoms with van der Waals surface area (Å²) in [6, 6.07) is 3.59. The molecule has 0 radical (unpaired) electrons. The summed E-state index contributed by atoms with van der Waals surface area (Å²) in [6.45, 7) is 3.48. The van der Waals surface area contributed by atoms with E-state index >= 15 is 0 Å². The van der Waals surface area contributed by atoms with Crippen molar-refractivity contribution in [1.29, 1.82) is 0 Å². The zero-order valence-electron chi connectivity index (χ0n) is 11.9. The Morgan fingerprint density at radius 1 is 0.947 bits per heavy atom. The molecule has 1 N–H and O–H groups in total. The molecule has 19 heavy (non-hydrogen) atoms. The smallest absolute Gasteiger partial charge is 0.127 e. The van der Waals surface area contributed by atoms with Crippen LogP contribution in [0.5, 0.6) is 0 Å². The van der Waals surface area contributed by atoms with E-state index in [0.717, 1.165) is 19.0 Å². The predicted octanol–water partition coefficient (Wildman–Crippen LogP) is 4.81. The van der Waals surface area contributed by atoms with E-state index in [4.69, 9.17) is 0 Å². The van der Waals surface area contributed by atoms with Gasteiger partial charge in [-0.2, -0.15) is 0 Å². The Morgan fingerprint density at radius 2 is 1.63 bits per heavy atom. The number of rotatable bonds is 10. The normalized spacial score (nSPS) is 10.9. The van der Waals surface area contributed by atoms with Crippen LogP contribution in [-0.2, 0) is 6.54 Å². The maximum Gasteiger partial charge on any atom is 0.127 e. The van der Waals surface area contributed by atoms with E-state index in [1.54, 1.807) is 0 Å². The maximum absolute atomic E-state index is 13.3. The zero-order valence-corrected chi connectivity index (χ0v) is 11.9. The molecule has 1 aromatic carbocycles. The van der Waals surface area contributed by atoms with Crippen LogP contribution in [0.2, 0.25) is 0 Å². The molecule has 0 unspecified atom stereocenters. The van der Waals surface area contributed by atoms with Crippen LogP contribution in [-0.4, -0.2) is 6.54 Å². The minimum atomic E-state index is -0.380. The van der Waals surface area contributed by atoms with Crippen LogP contribution < -0.4 is 5.32 Å². The Kier molecular flexibility index (Phi) is 8.39. The van der Waals surface area contributed by atoms with Gasteiger partial charge in [-0.05, 0) is 31.2 Å². The summed E-state index contributed by atoms with van der Waals surface area (Å²) in [5.74, 6) is -0.720. The van der Waals surface area contributed by atoms with E-state index in [9.17, 15) is 8.78 Å². The van der Waals surface area contributed by atoms with E-state index in [0.29, 0.717) is 12.1 Å². The van der Waals surface area contributed by atoms with E-state index in [1.165, 1.54) is 50.7 Å². The average molecular weight is 269 g/mol. The molecule has 0 aliphatic heterocycles. The van der Waals surface area contributed by atoms with Gasteiger partial charge in [0, 0.05) is 12.1 Å². The molecular formula is C16H25F2N. The van der Waals surface area contributed by atoms with Gasteiger partial charge in [-0.25, -0.2) is 8.78 Å². The summed E-state index contributed by atoms with van der Waals surface area (Å²) in [7, 11) is 0. The first kappa shape index (κ1) is 16.1. The standard InChI is InChI=1S/C16H25F2N/c1-2-3-4-5-6-7-8-11-19-13-14-12-15(17)9-10-16(14)18/h9-10,12,19H,2-8,11,13H2,1H3. The third-order valence-electron chi connectivity index (χ3n) is 3.28. The van der Waals surface area contributed by atoms with Crippen molar-refractivity contribution in [2.75, 3.05) is 6.54 Å². The number of hydrogen-bond donors (Lipinski definition) is 1. The Balaban J connectivity index is 2.03. The highest BCUT2D eigenvalue weighted by Crippen LogP contribution is 2.09. The lowest BCUT2D eigenvalue weighted by Gasteiger charge is -2.06. The van der Waals surface area contributed by atoms with Gasteiger partial charge in [0.25, 0.3) is 0 Å². The summed E-state index contributed by atoms with van der Waals surface area (Å²) in [5, 5.41) is 3.17. The van der Waals surface area contributed by atoms with E-state index in [2.05, 4.69) is 12.2 Å². The van der Waals surface area contributed by atoms with Gasteiger partial charge >= 0.3 is 0 Å². The van der Waals surface area contributed by atoms with Gasteiger partial charge in [-0.1, -0.05) is 45.4 Å². The van der Waals surface area contributed by atoms with Crippen LogP contribution in [0.25, 0.3) is 0 Å². The average Bonchev–Trinajstić information content (AvgIpc) is 2.40. The molecular weight excluding hydrogens is 244 g/mol. The fraction of sp³-hybridized carbons (Fsp3) is 0.625. The molecule has 0 aliphatic carbocycles. The Labute approximate surface area is 115 Å². The first-order valence-electron chi connectivity index (χ1n) is 7.38. The summed E-state index contributed by atoms with van der Waals surface area (Å²) in [5.41, 5.74) is 0.406. The second-order valence-corrected chi connectivity index (χ2v) is 5.03. The Morgan fingerprint density at radius 3 is 2.37 bits per heavy atom. The molecule has 0 spiro atoms. The lowest BCUT2D eigenvalue weighted by atomic mass is 10.1. The summed E-state index contributed by atoms with van der Waals surface area (Å²) in [4.78, 5) is 0. The summed E-state index contributed by atoms with van der Waals surface area (Å²) in [6.07, 6.45) is 8.84. The van der Waals surface area contributed by atoms with Gasteiger partial charge < -0.3 is 5.32 Å². The van der Waals surface area contributed by atoms with Crippen molar-refractivity contribution in [2.24, 2.45) is 0 Å². The molecule has 0 atom stereocenters. The molecule has 0 amide bonds.